The van der Waals surface area contributed by atoms with Gasteiger partial charge in [0.1, 0.15) is 0 Å². The number of benzene rings is 1. The molecule has 1 N–H and O–H groups in total. The molecule has 134 valence electrons. The fraction of sp³-hybridized carbons (Fsp3) is 0.316. The number of thiophene rings is 1. The van der Waals surface area contributed by atoms with Crippen LogP contribution in [0, 0.1) is 17.2 Å². The van der Waals surface area contributed by atoms with E-state index < -0.39 is 17.6 Å². The normalized spacial score (nSPS) is 15.2. The zero-order chi connectivity index (χ0) is 18.5. The number of amides is 1. The van der Waals surface area contributed by atoms with Gasteiger partial charge in [0.2, 0.25) is 5.91 Å². The molecule has 0 aliphatic carbocycles. The number of rotatable bonds is 5. The van der Waals surface area contributed by atoms with Gasteiger partial charge in [-0.2, -0.15) is 5.26 Å². The second kappa shape index (κ2) is 8.13. The van der Waals surface area contributed by atoms with Gasteiger partial charge in [0.05, 0.1) is 29.2 Å². The quantitative estimate of drug-likeness (QED) is 0.646. The first kappa shape index (κ1) is 18.1. The molecular weight excluding hydrogens is 350 g/mol. The highest BCUT2D eigenvalue weighted by Crippen LogP contribution is 2.40. The number of anilines is 1. The molecule has 2 aromatic rings. The summed E-state index contributed by atoms with van der Waals surface area (Å²) in [6.07, 6.45) is 0. The monoisotopic (exact) mass is 369 g/mol. The van der Waals surface area contributed by atoms with Crippen LogP contribution in [0.15, 0.2) is 36.4 Å². The lowest BCUT2D eigenvalue weighted by Crippen LogP contribution is -2.35. The van der Waals surface area contributed by atoms with Crippen LogP contribution in [0.25, 0.3) is 11.1 Å². The molecule has 0 radical (unpaired) electrons. The van der Waals surface area contributed by atoms with E-state index in [0.717, 1.165) is 29.2 Å². The maximum absolute atomic E-state index is 12.7. The van der Waals surface area contributed by atoms with Crippen LogP contribution in [-0.4, -0.2) is 45.0 Å². The lowest BCUT2D eigenvalue weighted by molar-refractivity contribution is -0.121. The molecule has 1 atom stereocenters. The van der Waals surface area contributed by atoms with Gasteiger partial charge in [-0.25, -0.2) is 0 Å². The summed E-state index contributed by atoms with van der Waals surface area (Å²) in [6, 6.07) is 13.4. The molecule has 3 rings (SSSR count). The van der Waals surface area contributed by atoms with Gasteiger partial charge in [0.25, 0.3) is 0 Å². The van der Waals surface area contributed by atoms with Crippen LogP contribution in [-0.2, 0) is 9.53 Å². The zero-order valence-electron chi connectivity index (χ0n) is 14.4. The molecule has 6 nitrogen and oxygen atoms in total. The maximum atomic E-state index is 12.7. The van der Waals surface area contributed by atoms with Crippen molar-refractivity contribution < 1.29 is 14.3 Å². The zero-order valence-corrected chi connectivity index (χ0v) is 15.2. The number of ether oxygens (including phenoxy) is 1. The number of Topliss-reactive ketones (excluding diaryl/α,β-unsaturated/α-hetero) is 1. The lowest BCUT2D eigenvalue weighted by Gasteiger charge is -2.28. The van der Waals surface area contributed by atoms with Crippen molar-refractivity contribution in [2.45, 2.75) is 0 Å². The molecule has 7 heteroatoms. The van der Waals surface area contributed by atoms with Gasteiger partial charge in [0.15, 0.2) is 11.7 Å². The number of morpholine rings is 1. The average Bonchev–Trinajstić information content (AvgIpc) is 3.15. The summed E-state index contributed by atoms with van der Waals surface area (Å²) in [5.74, 6) is -2.38. The predicted molar refractivity (Wildman–Crippen MR) is 100 cm³/mol. The fourth-order valence-electron chi connectivity index (χ4n) is 2.85. The number of nitriles is 1. The van der Waals surface area contributed by atoms with Crippen molar-refractivity contribution in [1.82, 2.24) is 5.32 Å². The topological polar surface area (TPSA) is 82.4 Å². The second-order valence-electron chi connectivity index (χ2n) is 5.84. The molecule has 0 spiro atoms. The van der Waals surface area contributed by atoms with E-state index in [1.807, 2.05) is 36.4 Å². The predicted octanol–water partition coefficient (Wildman–Crippen LogP) is 2.32. The first-order chi connectivity index (χ1) is 12.7. The number of carbonyl (C=O) groups is 2. The minimum Gasteiger partial charge on any atom is -0.378 e. The molecule has 2 heterocycles. The Morgan fingerprint density at radius 1 is 1.27 bits per heavy atom. The number of carbonyl (C=O) groups excluding carboxylic acids is 2. The van der Waals surface area contributed by atoms with E-state index in [2.05, 4.69) is 10.2 Å². The van der Waals surface area contributed by atoms with Crippen molar-refractivity contribution in [2.24, 2.45) is 5.92 Å². The fourth-order valence-corrected chi connectivity index (χ4v) is 4.05. The molecule has 26 heavy (non-hydrogen) atoms. The minimum absolute atomic E-state index is 0.417. The van der Waals surface area contributed by atoms with E-state index in [0.29, 0.717) is 18.1 Å². The molecule has 1 unspecified atom stereocenters. The highest BCUT2D eigenvalue weighted by Gasteiger charge is 2.30. The lowest BCUT2D eigenvalue weighted by atomic mass is 10.0. The Bertz CT molecular complexity index is 835. The van der Waals surface area contributed by atoms with Gasteiger partial charge in [0, 0.05) is 25.7 Å². The number of hydrogen-bond acceptors (Lipinski definition) is 6. The summed E-state index contributed by atoms with van der Waals surface area (Å²) < 4.78 is 5.42. The van der Waals surface area contributed by atoms with E-state index in [-0.39, 0.29) is 0 Å². The third kappa shape index (κ3) is 3.62. The number of hydrogen-bond donors (Lipinski definition) is 1. The number of nitrogens with one attached hydrogen (secondary N) is 1. The van der Waals surface area contributed by atoms with E-state index in [1.54, 1.807) is 6.07 Å². The molecule has 0 bridgehead atoms. The van der Waals surface area contributed by atoms with Crippen molar-refractivity contribution in [2.75, 3.05) is 38.3 Å². The number of nitrogens with zero attached hydrogens (tertiary/aromatic N) is 2. The summed E-state index contributed by atoms with van der Waals surface area (Å²) in [6.45, 7) is 2.75. The van der Waals surface area contributed by atoms with Crippen LogP contribution in [0.2, 0.25) is 0 Å². The summed E-state index contributed by atoms with van der Waals surface area (Å²) >= 11 is 1.33. The summed E-state index contributed by atoms with van der Waals surface area (Å²) in [5.41, 5.74) is 1.94. The average molecular weight is 369 g/mol. The Morgan fingerprint density at radius 3 is 2.58 bits per heavy atom. The van der Waals surface area contributed by atoms with Crippen molar-refractivity contribution in [3.05, 3.63) is 41.3 Å². The smallest absolute Gasteiger partial charge is 0.245 e. The van der Waals surface area contributed by atoms with Gasteiger partial charge < -0.3 is 15.0 Å². The summed E-state index contributed by atoms with van der Waals surface area (Å²) in [4.78, 5) is 27.2. The van der Waals surface area contributed by atoms with Crippen LogP contribution in [0.4, 0.5) is 5.00 Å². The second-order valence-corrected chi connectivity index (χ2v) is 6.87. The number of ketones is 1. The van der Waals surface area contributed by atoms with Gasteiger partial charge in [-0.05, 0) is 11.6 Å². The Kier molecular flexibility index (Phi) is 5.66. The molecule has 1 aromatic heterocycles. The van der Waals surface area contributed by atoms with E-state index in [9.17, 15) is 14.9 Å². The largest absolute Gasteiger partial charge is 0.378 e. The van der Waals surface area contributed by atoms with Crippen LogP contribution >= 0.6 is 11.3 Å². The molecule has 1 saturated heterocycles. The van der Waals surface area contributed by atoms with Gasteiger partial charge in [-0.15, -0.1) is 11.3 Å². The van der Waals surface area contributed by atoms with E-state index in [1.165, 1.54) is 18.4 Å². The van der Waals surface area contributed by atoms with Crippen LogP contribution in [0.3, 0.4) is 0 Å². The van der Waals surface area contributed by atoms with Crippen molar-refractivity contribution in [1.29, 1.82) is 5.26 Å². The maximum Gasteiger partial charge on any atom is 0.245 e. The molecule has 1 fully saturated rings. The van der Waals surface area contributed by atoms with Gasteiger partial charge >= 0.3 is 0 Å². The standard InChI is InChI=1S/C19H19N3O3S/c1-21-18(24)15(12-20)17(23)16-11-14(13-5-3-2-4-6-13)19(26-16)22-7-9-25-10-8-22/h2-6,11,15H,7-10H2,1H3,(H,21,24). The summed E-state index contributed by atoms with van der Waals surface area (Å²) in [5, 5.41) is 12.6. The Balaban J connectivity index is 2.02. The van der Waals surface area contributed by atoms with E-state index in [4.69, 9.17) is 4.74 Å². The van der Waals surface area contributed by atoms with Crippen LogP contribution < -0.4 is 10.2 Å². The minimum atomic E-state index is -1.33. The SMILES string of the molecule is CNC(=O)C(C#N)C(=O)c1cc(-c2ccccc2)c(N2CCOCC2)s1. The highest BCUT2D eigenvalue weighted by atomic mass is 32.1. The van der Waals surface area contributed by atoms with E-state index >= 15 is 0 Å². The molecule has 1 aromatic carbocycles. The molecule has 1 amide bonds. The van der Waals surface area contributed by atoms with Gasteiger partial charge in [-0.3, -0.25) is 9.59 Å². The highest BCUT2D eigenvalue weighted by molar-refractivity contribution is 7.18. The van der Waals surface area contributed by atoms with Crippen LogP contribution in [0.5, 0.6) is 0 Å². The van der Waals surface area contributed by atoms with Gasteiger partial charge in [-0.1, -0.05) is 30.3 Å². The Morgan fingerprint density at radius 2 is 1.96 bits per heavy atom. The molecule has 0 saturated carbocycles. The first-order valence-corrected chi connectivity index (χ1v) is 9.14. The Labute approximate surface area is 156 Å². The van der Waals surface area contributed by atoms with Crippen molar-refractivity contribution in [3.63, 3.8) is 0 Å². The summed E-state index contributed by atoms with van der Waals surface area (Å²) in [7, 11) is 1.42. The Hall–Kier alpha value is -2.69. The molecular formula is C19H19N3O3S. The van der Waals surface area contributed by atoms with Crippen molar-refractivity contribution >= 4 is 28.0 Å². The third-order valence-electron chi connectivity index (χ3n) is 4.24. The first-order valence-electron chi connectivity index (χ1n) is 8.33. The molecule has 1 aliphatic heterocycles. The molecule has 1 aliphatic rings. The third-order valence-corrected chi connectivity index (χ3v) is 5.45. The van der Waals surface area contributed by atoms with Crippen LogP contribution in [0.1, 0.15) is 9.67 Å². The van der Waals surface area contributed by atoms with Crippen molar-refractivity contribution in [3.8, 4) is 17.2 Å².